The van der Waals surface area contributed by atoms with E-state index < -0.39 is 49.2 Å². The summed E-state index contributed by atoms with van der Waals surface area (Å²) >= 11 is 0. The minimum absolute atomic E-state index is 0.141. The number of phenolic OH excluding ortho intramolecular Hbond substituents is 2. The lowest BCUT2D eigenvalue weighted by molar-refractivity contribution is -0.287. The normalized spacial score (nSPS) is 26.7. The summed E-state index contributed by atoms with van der Waals surface area (Å²) in [6, 6.07) is 4.33. The Hall–Kier alpha value is -2.44. The lowest BCUT2D eigenvalue weighted by Crippen LogP contribution is -2.58. The summed E-state index contributed by atoms with van der Waals surface area (Å²) in [5, 5.41) is 59.3. The topological polar surface area (TPSA) is 186 Å². The number of hydrogen-bond acceptors (Lipinski definition) is 10. The zero-order chi connectivity index (χ0) is 21.6. The van der Waals surface area contributed by atoms with Crippen molar-refractivity contribution in [1.29, 1.82) is 0 Å². The second-order valence-electron chi connectivity index (χ2n) is 6.64. The minimum atomic E-state index is -1.72. The summed E-state index contributed by atoms with van der Waals surface area (Å²) in [5.74, 6) is -1.62. The third-order valence-corrected chi connectivity index (χ3v) is 4.43. The van der Waals surface area contributed by atoms with Crippen molar-refractivity contribution >= 4 is 11.9 Å². The monoisotopic (exact) mass is 415 g/mol. The molecule has 1 heterocycles. The van der Waals surface area contributed by atoms with E-state index in [0.717, 1.165) is 0 Å². The van der Waals surface area contributed by atoms with Crippen LogP contribution in [0.2, 0.25) is 0 Å². The molecule has 0 aliphatic carbocycles. The first-order valence-corrected chi connectivity index (χ1v) is 9.00. The minimum Gasteiger partial charge on any atom is -0.504 e. The highest BCUT2D eigenvalue weighted by molar-refractivity contribution is 5.81. The molecule has 1 amide bonds. The van der Waals surface area contributed by atoms with E-state index in [0.29, 0.717) is 12.0 Å². The predicted molar refractivity (Wildman–Crippen MR) is 95.6 cm³/mol. The Morgan fingerprint density at radius 2 is 1.72 bits per heavy atom. The SMILES string of the molecule is O=C(CCC(=O)OC[C@H]1O[C@@H](O)[C@H](O)[C@@H](O)[C@@H]1O)NCCc1ccc(O)c(O)c1. The molecule has 7 N–H and O–H groups in total. The zero-order valence-electron chi connectivity index (χ0n) is 15.5. The molecular formula is C18H25NO10. The molecule has 1 saturated heterocycles. The van der Waals surface area contributed by atoms with Gasteiger partial charge in [0.15, 0.2) is 17.8 Å². The van der Waals surface area contributed by atoms with Gasteiger partial charge in [-0.1, -0.05) is 6.07 Å². The fourth-order valence-corrected chi connectivity index (χ4v) is 2.69. The van der Waals surface area contributed by atoms with Crippen molar-refractivity contribution in [2.24, 2.45) is 0 Å². The fourth-order valence-electron chi connectivity index (χ4n) is 2.69. The molecule has 1 aromatic carbocycles. The highest BCUT2D eigenvalue weighted by atomic mass is 16.6. The van der Waals surface area contributed by atoms with Crippen molar-refractivity contribution < 1.29 is 49.7 Å². The van der Waals surface area contributed by atoms with Gasteiger partial charge in [-0.3, -0.25) is 9.59 Å². The van der Waals surface area contributed by atoms with Gasteiger partial charge in [-0.2, -0.15) is 0 Å². The maximum Gasteiger partial charge on any atom is 0.306 e. The standard InChI is InChI=1S/C18H25NO10/c20-10-2-1-9(7-11(10)21)5-6-19-13(22)3-4-14(23)28-8-12-15(24)16(25)17(26)18(27)29-12/h1-2,7,12,15-18,20-21,24-27H,3-6,8H2,(H,19,22)/t12-,15-,16+,17-,18-/m1/s1. The van der Waals surface area contributed by atoms with E-state index in [9.17, 15) is 40.2 Å². The summed E-state index contributed by atoms with van der Waals surface area (Å²) < 4.78 is 9.75. The Morgan fingerprint density at radius 3 is 2.41 bits per heavy atom. The van der Waals surface area contributed by atoms with Crippen molar-refractivity contribution in [1.82, 2.24) is 5.32 Å². The number of aliphatic hydroxyl groups is 4. The van der Waals surface area contributed by atoms with Crippen molar-refractivity contribution in [3.63, 3.8) is 0 Å². The van der Waals surface area contributed by atoms with E-state index in [1.54, 1.807) is 6.07 Å². The van der Waals surface area contributed by atoms with Crippen LogP contribution in [0.15, 0.2) is 18.2 Å². The fraction of sp³-hybridized carbons (Fsp3) is 0.556. The first-order valence-electron chi connectivity index (χ1n) is 9.00. The van der Waals surface area contributed by atoms with Gasteiger partial charge in [-0.25, -0.2) is 0 Å². The van der Waals surface area contributed by atoms with Crippen LogP contribution in [0.3, 0.4) is 0 Å². The number of hydrogen-bond donors (Lipinski definition) is 7. The van der Waals surface area contributed by atoms with Gasteiger partial charge in [0.25, 0.3) is 0 Å². The average molecular weight is 415 g/mol. The van der Waals surface area contributed by atoms with Gasteiger partial charge in [0, 0.05) is 13.0 Å². The number of carbonyl (C=O) groups is 2. The lowest BCUT2D eigenvalue weighted by atomic mass is 9.99. The summed E-state index contributed by atoms with van der Waals surface area (Å²) in [6.45, 7) is -0.203. The Morgan fingerprint density at radius 1 is 1.00 bits per heavy atom. The van der Waals surface area contributed by atoms with Crippen LogP contribution in [0, 0.1) is 0 Å². The van der Waals surface area contributed by atoms with Gasteiger partial charge >= 0.3 is 5.97 Å². The van der Waals surface area contributed by atoms with Gasteiger partial charge in [0.2, 0.25) is 5.91 Å². The molecule has 1 fully saturated rings. The summed E-state index contributed by atoms with van der Waals surface area (Å²) in [7, 11) is 0. The molecule has 0 radical (unpaired) electrons. The number of benzene rings is 1. The van der Waals surface area contributed by atoms with Crippen LogP contribution in [0.5, 0.6) is 11.5 Å². The number of aliphatic hydroxyl groups excluding tert-OH is 4. The molecule has 11 nitrogen and oxygen atoms in total. The van der Waals surface area contributed by atoms with Crippen LogP contribution in [-0.4, -0.2) is 86.4 Å². The van der Waals surface area contributed by atoms with E-state index >= 15 is 0 Å². The molecule has 0 spiro atoms. The van der Waals surface area contributed by atoms with Crippen LogP contribution in [0.25, 0.3) is 0 Å². The number of esters is 1. The molecule has 0 unspecified atom stereocenters. The van der Waals surface area contributed by atoms with Crippen molar-refractivity contribution in [2.75, 3.05) is 13.2 Å². The summed E-state index contributed by atoms with van der Waals surface area (Å²) in [5.41, 5.74) is 0.709. The van der Waals surface area contributed by atoms with E-state index in [1.807, 2.05) is 0 Å². The molecule has 0 bridgehead atoms. The Balaban J connectivity index is 1.64. The van der Waals surface area contributed by atoms with Gasteiger partial charge in [-0.15, -0.1) is 0 Å². The molecule has 1 aromatic rings. The molecule has 0 saturated carbocycles. The van der Waals surface area contributed by atoms with Gasteiger partial charge in [0.1, 0.15) is 31.0 Å². The third-order valence-electron chi connectivity index (χ3n) is 4.43. The van der Waals surface area contributed by atoms with Crippen LogP contribution in [0.1, 0.15) is 18.4 Å². The highest BCUT2D eigenvalue weighted by Gasteiger charge is 2.43. The molecule has 5 atom stereocenters. The lowest BCUT2D eigenvalue weighted by Gasteiger charge is -2.37. The quantitative estimate of drug-likeness (QED) is 0.183. The first-order chi connectivity index (χ1) is 13.7. The van der Waals surface area contributed by atoms with Gasteiger partial charge in [-0.05, 0) is 24.1 Å². The molecule has 0 aromatic heterocycles. The zero-order valence-corrected chi connectivity index (χ0v) is 15.5. The number of amides is 1. The molecule has 162 valence electrons. The molecule has 29 heavy (non-hydrogen) atoms. The predicted octanol–water partition coefficient (Wildman–Crippen LogP) is -2.12. The van der Waals surface area contributed by atoms with Crippen LogP contribution in [0.4, 0.5) is 0 Å². The van der Waals surface area contributed by atoms with Crippen LogP contribution in [-0.2, 0) is 25.5 Å². The number of nitrogens with one attached hydrogen (secondary N) is 1. The number of phenols is 2. The Labute approximate surface area is 166 Å². The Bertz CT molecular complexity index is 712. The second kappa shape index (κ2) is 10.4. The molecule has 2 rings (SSSR count). The van der Waals surface area contributed by atoms with Gasteiger partial charge < -0.3 is 45.4 Å². The van der Waals surface area contributed by atoms with E-state index in [2.05, 4.69) is 5.32 Å². The molecular weight excluding hydrogens is 390 g/mol. The smallest absolute Gasteiger partial charge is 0.306 e. The molecule has 11 heteroatoms. The van der Waals surface area contributed by atoms with Crippen molar-refractivity contribution in [2.45, 2.75) is 50.0 Å². The average Bonchev–Trinajstić information content (AvgIpc) is 2.69. The van der Waals surface area contributed by atoms with Crippen molar-refractivity contribution in [3.05, 3.63) is 23.8 Å². The van der Waals surface area contributed by atoms with Crippen molar-refractivity contribution in [3.8, 4) is 11.5 Å². The Kier molecular flexibility index (Phi) is 8.17. The second-order valence-corrected chi connectivity index (χ2v) is 6.64. The summed E-state index contributed by atoms with van der Waals surface area (Å²) in [6.07, 6.45) is -7.78. The van der Waals surface area contributed by atoms with E-state index in [1.165, 1.54) is 12.1 Å². The first kappa shape index (κ1) is 22.8. The number of aromatic hydroxyl groups is 2. The molecule has 1 aliphatic heterocycles. The highest BCUT2D eigenvalue weighted by Crippen LogP contribution is 2.24. The largest absolute Gasteiger partial charge is 0.504 e. The maximum absolute atomic E-state index is 11.8. The number of rotatable bonds is 8. The van der Waals surface area contributed by atoms with Gasteiger partial charge in [0.05, 0.1) is 6.42 Å². The number of carbonyl (C=O) groups excluding carboxylic acids is 2. The van der Waals surface area contributed by atoms with Crippen LogP contribution >= 0.6 is 0 Å². The van der Waals surface area contributed by atoms with E-state index in [4.69, 9.17) is 9.47 Å². The van der Waals surface area contributed by atoms with Crippen LogP contribution < -0.4 is 5.32 Å². The summed E-state index contributed by atoms with van der Waals surface area (Å²) in [4.78, 5) is 23.5. The number of ether oxygens (including phenoxy) is 2. The molecule has 1 aliphatic rings. The van der Waals surface area contributed by atoms with E-state index in [-0.39, 0.29) is 30.9 Å². The third kappa shape index (κ3) is 6.54. The maximum atomic E-state index is 11.8.